The average molecular weight is 401 g/mol. The zero-order valence-corrected chi connectivity index (χ0v) is 17.3. The van der Waals surface area contributed by atoms with Crippen LogP contribution in [0.3, 0.4) is 0 Å². The number of nitrogens with zero attached hydrogens (tertiary/aromatic N) is 1. The van der Waals surface area contributed by atoms with Crippen LogP contribution >= 0.6 is 7.37 Å². The van der Waals surface area contributed by atoms with Gasteiger partial charge in [-0.05, 0) is 24.1 Å². The maximum absolute atomic E-state index is 13.7. The summed E-state index contributed by atoms with van der Waals surface area (Å²) in [6.07, 6.45) is 9.95. The highest BCUT2D eigenvalue weighted by atomic mass is 31.2. The molecule has 0 bridgehead atoms. The van der Waals surface area contributed by atoms with Gasteiger partial charge in [-0.1, -0.05) is 70.1 Å². The largest absolute Gasteiger partial charge is 0.439 e. The average Bonchev–Trinajstić information content (AvgIpc) is 2.70. The molecular formula is C22H28NO4P. The molecule has 1 unspecified atom stereocenters. The molecule has 0 amide bonds. The Morgan fingerprint density at radius 2 is 1.61 bits per heavy atom. The van der Waals surface area contributed by atoms with E-state index < -0.39 is 12.3 Å². The molecule has 0 aromatic heterocycles. The van der Waals surface area contributed by atoms with E-state index in [4.69, 9.17) is 4.52 Å². The minimum Gasteiger partial charge on any atom is -0.439 e. The molecule has 5 nitrogen and oxygen atoms in total. The molecule has 1 aliphatic heterocycles. The molecule has 0 fully saturated rings. The fourth-order valence-electron chi connectivity index (χ4n) is 3.75. The minimum atomic E-state index is -3.01. The van der Waals surface area contributed by atoms with Crippen molar-refractivity contribution in [2.75, 3.05) is 6.16 Å². The third-order valence-electron chi connectivity index (χ3n) is 5.29. The number of hydrogen-bond donors (Lipinski definition) is 0. The van der Waals surface area contributed by atoms with Gasteiger partial charge in [0.15, 0.2) is 0 Å². The Hall–Kier alpha value is -2.13. The summed E-state index contributed by atoms with van der Waals surface area (Å²) in [7, 11) is -3.01. The number of rotatable bonds is 10. The van der Waals surface area contributed by atoms with Crippen LogP contribution in [0.15, 0.2) is 42.5 Å². The molecule has 0 aliphatic carbocycles. The van der Waals surface area contributed by atoms with Gasteiger partial charge < -0.3 is 4.52 Å². The Bertz CT molecular complexity index is 881. The molecule has 0 saturated heterocycles. The van der Waals surface area contributed by atoms with Crippen LogP contribution in [0.2, 0.25) is 0 Å². The van der Waals surface area contributed by atoms with Crippen LogP contribution in [0.5, 0.6) is 5.75 Å². The highest BCUT2D eigenvalue weighted by Gasteiger charge is 2.35. The van der Waals surface area contributed by atoms with E-state index in [-0.39, 0.29) is 5.69 Å². The van der Waals surface area contributed by atoms with E-state index in [2.05, 4.69) is 6.92 Å². The van der Waals surface area contributed by atoms with Crippen molar-refractivity contribution >= 4 is 18.4 Å². The zero-order chi connectivity index (χ0) is 20.0. The number of benzene rings is 2. The van der Waals surface area contributed by atoms with Crippen LogP contribution in [0, 0.1) is 10.1 Å². The molecule has 2 aromatic rings. The van der Waals surface area contributed by atoms with Gasteiger partial charge in [0.2, 0.25) is 0 Å². The van der Waals surface area contributed by atoms with Crippen molar-refractivity contribution in [3.63, 3.8) is 0 Å². The minimum absolute atomic E-state index is 0.0111. The second-order valence-corrected chi connectivity index (χ2v) is 9.88. The SMILES string of the molecule is CCCCCCCCCCP1(=O)Oc2ccc([N+](=O)[O-])cc2-c2ccccc21. The molecule has 1 aliphatic rings. The lowest BCUT2D eigenvalue weighted by atomic mass is 10.0. The maximum atomic E-state index is 13.7. The van der Waals surface area contributed by atoms with Crippen LogP contribution in [0.4, 0.5) is 5.69 Å². The van der Waals surface area contributed by atoms with E-state index in [9.17, 15) is 14.7 Å². The van der Waals surface area contributed by atoms with Crippen molar-refractivity contribution in [1.82, 2.24) is 0 Å². The van der Waals surface area contributed by atoms with Gasteiger partial charge in [-0.15, -0.1) is 0 Å². The maximum Gasteiger partial charge on any atom is 0.277 e. The zero-order valence-electron chi connectivity index (χ0n) is 16.4. The van der Waals surface area contributed by atoms with E-state index in [1.165, 1.54) is 44.2 Å². The third kappa shape index (κ3) is 4.64. The summed E-state index contributed by atoms with van der Waals surface area (Å²) in [5, 5.41) is 11.8. The lowest BCUT2D eigenvalue weighted by molar-refractivity contribution is -0.384. The lowest BCUT2D eigenvalue weighted by Crippen LogP contribution is -2.19. The Labute approximate surface area is 166 Å². The summed E-state index contributed by atoms with van der Waals surface area (Å²) in [6, 6.07) is 11.9. The van der Waals surface area contributed by atoms with Gasteiger partial charge in [-0.2, -0.15) is 0 Å². The number of nitro groups is 1. The van der Waals surface area contributed by atoms with Gasteiger partial charge in [0.25, 0.3) is 13.1 Å². The second-order valence-electron chi connectivity index (χ2n) is 7.42. The highest BCUT2D eigenvalue weighted by Crippen LogP contribution is 2.55. The molecule has 0 radical (unpaired) electrons. The van der Waals surface area contributed by atoms with Crippen LogP contribution in [-0.2, 0) is 4.57 Å². The third-order valence-corrected chi connectivity index (χ3v) is 7.81. The number of fused-ring (bicyclic) bond motifs is 3. The molecule has 1 heterocycles. The summed E-state index contributed by atoms with van der Waals surface area (Å²) in [5.41, 5.74) is 1.44. The number of nitro benzene ring substituents is 1. The first-order chi connectivity index (χ1) is 13.5. The van der Waals surface area contributed by atoms with E-state index in [1.807, 2.05) is 24.3 Å². The fourth-order valence-corrected chi connectivity index (χ4v) is 6.17. The van der Waals surface area contributed by atoms with Crippen molar-refractivity contribution in [3.8, 4) is 16.9 Å². The van der Waals surface area contributed by atoms with Crippen LogP contribution in [-0.4, -0.2) is 11.1 Å². The van der Waals surface area contributed by atoms with Crippen molar-refractivity contribution in [2.45, 2.75) is 58.3 Å². The van der Waals surface area contributed by atoms with E-state index >= 15 is 0 Å². The monoisotopic (exact) mass is 401 g/mol. The van der Waals surface area contributed by atoms with Gasteiger partial charge in [0.1, 0.15) is 5.75 Å². The van der Waals surface area contributed by atoms with E-state index in [0.717, 1.165) is 24.8 Å². The Balaban J connectivity index is 1.70. The Morgan fingerprint density at radius 1 is 0.929 bits per heavy atom. The first-order valence-electron chi connectivity index (χ1n) is 10.2. The lowest BCUT2D eigenvalue weighted by Gasteiger charge is -2.28. The van der Waals surface area contributed by atoms with Crippen LogP contribution in [0.25, 0.3) is 11.1 Å². The first kappa shape index (κ1) is 20.6. The molecule has 28 heavy (non-hydrogen) atoms. The Morgan fingerprint density at radius 3 is 2.32 bits per heavy atom. The van der Waals surface area contributed by atoms with Gasteiger partial charge in [0, 0.05) is 23.9 Å². The topological polar surface area (TPSA) is 69.4 Å². The van der Waals surface area contributed by atoms with Gasteiger partial charge in [0.05, 0.1) is 10.2 Å². The smallest absolute Gasteiger partial charge is 0.277 e. The molecule has 0 N–H and O–H groups in total. The van der Waals surface area contributed by atoms with E-state index in [0.29, 0.717) is 22.8 Å². The normalized spacial score (nSPS) is 17.5. The van der Waals surface area contributed by atoms with Crippen molar-refractivity contribution < 1.29 is 14.0 Å². The predicted molar refractivity (Wildman–Crippen MR) is 114 cm³/mol. The molecule has 1 atom stereocenters. The number of hydrogen-bond acceptors (Lipinski definition) is 4. The fraction of sp³-hybridized carbons (Fsp3) is 0.455. The van der Waals surface area contributed by atoms with Crippen LogP contribution < -0.4 is 9.83 Å². The van der Waals surface area contributed by atoms with Crippen molar-refractivity contribution in [1.29, 1.82) is 0 Å². The first-order valence-corrected chi connectivity index (χ1v) is 12.0. The summed E-state index contributed by atoms with van der Waals surface area (Å²) in [5.74, 6) is 0.479. The summed E-state index contributed by atoms with van der Waals surface area (Å²) in [4.78, 5) is 10.7. The van der Waals surface area contributed by atoms with Gasteiger partial charge in [-0.25, -0.2) is 0 Å². The van der Waals surface area contributed by atoms with Crippen LogP contribution in [0.1, 0.15) is 58.3 Å². The quantitative estimate of drug-likeness (QED) is 0.192. The summed E-state index contributed by atoms with van der Waals surface area (Å²) < 4.78 is 19.6. The van der Waals surface area contributed by atoms with Crippen molar-refractivity contribution in [2.24, 2.45) is 0 Å². The standard InChI is InChI=1S/C22H28NO4P/c1-2-3-4-5-6-7-8-11-16-28(26)22-13-10-9-12-19(22)20-17-18(23(24)25)14-15-21(20)27-28/h9-10,12-15,17H,2-8,11,16H2,1H3. The molecule has 3 rings (SSSR count). The second kappa shape index (κ2) is 9.38. The molecule has 0 saturated carbocycles. The molecular weight excluding hydrogens is 373 g/mol. The molecule has 6 heteroatoms. The summed E-state index contributed by atoms with van der Waals surface area (Å²) in [6.45, 7) is 2.22. The predicted octanol–water partition coefficient (Wildman–Crippen LogP) is 6.70. The molecule has 2 aromatic carbocycles. The van der Waals surface area contributed by atoms with E-state index in [1.54, 1.807) is 6.07 Å². The van der Waals surface area contributed by atoms with Crippen molar-refractivity contribution in [3.05, 3.63) is 52.6 Å². The highest BCUT2D eigenvalue weighted by molar-refractivity contribution is 7.67. The Kier molecular flexibility index (Phi) is 6.90. The summed E-state index contributed by atoms with van der Waals surface area (Å²) >= 11 is 0. The number of unbranched alkanes of at least 4 members (excludes halogenated alkanes) is 7. The number of non-ortho nitro benzene ring substituents is 1. The molecule has 0 spiro atoms. The van der Waals surface area contributed by atoms with Gasteiger partial charge in [-0.3, -0.25) is 14.7 Å². The molecule has 150 valence electrons. The van der Waals surface area contributed by atoms with Gasteiger partial charge >= 0.3 is 0 Å².